The van der Waals surface area contributed by atoms with Gasteiger partial charge in [-0.2, -0.15) is 0 Å². The summed E-state index contributed by atoms with van der Waals surface area (Å²) in [6, 6.07) is 0.505. The molecule has 0 radical (unpaired) electrons. The Morgan fingerprint density at radius 3 is 2.37 bits per heavy atom. The molecule has 110 valence electrons. The molecule has 0 spiro atoms. The number of hydrogen-bond acceptors (Lipinski definition) is 2. The van der Waals surface area contributed by atoms with Gasteiger partial charge in [-0.3, -0.25) is 9.69 Å². The van der Waals surface area contributed by atoms with Gasteiger partial charge in [-0.25, -0.2) is 0 Å². The predicted octanol–water partition coefficient (Wildman–Crippen LogP) is 2.90. The summed E-state index contributed by atoms with van der Waals surface area (Å²) in [7, 11) is 2.01. The van der Waals surface area contributed by atoms with E-state index in [1.807, 2.05) is 11.9 Å². The number of amides is 1. The zero-order valence-corrected chi connectivity index (χ0v) is 12.7. The van der Waals surface area contributed by atoms with Crippen molar-refractivity contribution in [1.29, 1.82) is 0 Å². The molecule has 0 aliphatic heterocycles. The highest BCUT2D eigenvalue weighted by atomic mass is 16.2. The third-order valence-corrected chi connectivity index (χ3v) is 4.63. The molecule has 3 heteroatoms. The Morgan fingerprint density at radius 2 is 1.79 bits per heavy atom. The molecule has 2 aliphatic carbocycles. The molecular formula is C16H30N2O. The summed E-state index contributed by atoms with van der Waals surface area (Å²) in [6.07, 6.45) is 10.2. The second kappa shape index (κ2) is 7.28. The van der Waals surface area contributed by atoms with E-state index >= 15 is 0 Å². The van der Waals surface area contributed by atoms with E-state index in [1.54, 1.807) is 0 Å². The number of likely N-dealkylation sites (N-methyl/N-ethyl adjacent to an activating group) is 1. The van der Waals surface area contributed by atoms with Crippen LogP contribution in [0.2, 0.25) is 0 Å². The van der Waals surface area contributed by atoms with Crippen molar-refractivity contribution in [3.8, 4) is 0 Å². The van der Waals surface area contributed by atoms with Crippen molar-refractivity contribution in [3.05, 3.63) is 0 Å². The second-order valence-corrected chi connectivity index (χ2v) is 6.47. The fraction of sp³-hybridized carbons (Fsp3) is 0.938. The van der Waals surface area contributed by atoms with Gasteiger partial charge in [0.1, 0.15) is 0 Å². The third kappa shape index (κ3) is 4.79. The van der Waals surface area contributed by atoms with Crippen molar-refractivity contribution >= 4 is 5.91 Å². The summed E-state index contributed by atoms with van der Waals surface area (Å²) < 4.78 is 0. The topological polar surface area (TPSA) is 23.6 Å². The lowest BCUT2D eigenvalue weighted by molar-refractivity contribution is -0.133. The van der Waals surface area contributed by atoms with Gasteiger partial charge in [-0.1, -0.05) is 26.2 Å². The maximum absolute atomic E-state index is 12.4. The monoisotopic (exact) mass is 266 g/mol. The Labute approximate surface area is 118 Å². The van der Waals surface area contributed by atoms with Crippen LogP contribution in [0, 0.1) is 5.92 Å². The Morgan fingerprint density at radius 1 is 1.11 bits per heavy atom. The fourth-order valence-corrected chi connectivity index (χ4v) is 3.19. The van der Waals surface area contributed by atoms with Crippen LogP contribution >= 0.6 is 0 Å². The van der Waals surface area contributed by atoms with E-state index in [0.29, 0.717) is 18.5 Å². The van der Waals surface area contributed by atoms with Gasteiger partial charge in [0, 0.05) is 19.6 Å². The first kappa shape index (κ1) is 14.8. The highest BCUT2D eigenvalue weighted by Crippen LogP contribution is 2.29. The van der Waals surface area contributed by atoms with Gasteiger partial charge < -0.3 is 4.90 Å². The number of carbonyl (C=O) groups excluding carboxylic acids is 1. The van der Waals surface area contributed by atoms with E-state index in [4.69, 9.17) is 0 Å². The van der Waals surface area contributed by atoms with Gasteiger partial charge in [0.05, 0.1) is 6.54 Å². The van der Waals surface area contributed by atoms with Crippen LogP contribution in [0.5, 0.6) is 0 Å². The maximum atomic E-state index is 12.4. The standard InChI is InChI=1S/C16H30N2O/c1-3-11-18(12-14-9-10-14)13-16(19)17(2)15-7-5-4-6-8-15/h14-15H,3-13H2,1-2H3. The highest BCUT2D eigenvalue weighted by molar-refractivity contribution is 5.78. The lowest BCUT2D eigenvalue weighted by atomic mass is 9.94. The third-order valence-electron chi connectivity index (χ3n) is 4.63. The first-order valence-corrected chi connectivity index (χ1v) is 8.18. The van der Waals surface area contributed by atoms with Gasteiger partial charge in [-0.15, -0.1) is 0 Å². The van der Waals surface area contributed by atoms with E-state index in [2.05, 4.69) is 11.8 Å². The van der Waals surface area contributed by atoms with Crippen molar-refractivity contribution in [2.24, 2.45) is 5.92 Å². The summed E-state index contributed by atoms with van der Waals surface area (Å²) in [5.74, 6) is 1.21. The predicted molar refractivity (Wildman–Crippen MR) is 79.1 cm³/mol. The van der Waals surface area contributed by atoms with Crippen LogP contribution in [0.3, 0.4) is 0 Å². The van der Waals surface area contributed by atoms with Crippen LogP contribution in [-0.4, -0.2) is 48.4 Å². The quantitative estimate of drug-likeness (QED) is 0.707. The molecule has 0 heterocycles. The molecular weight excluding hydrogens is 236 g/mol. The fourth-order valence-electron chi connectivity index (χ4n) is 3.19. The van der Waals surface area contributed by atoms with Gasteiger partial charge >= 0.3 is 0 Å². The Hall–Kier alpha value is -0.570. The molecule has 0 saturated heterocycles. The maximum Gasteiger partial charge on any atom is 0.236 e. The normalized spacial score (nSPS) is 20.8. The second-order valence-electron chi connectivity index (χ2n) is 6.47. The minimum Gasteiger partial charge on any atom is -0.342 e. The molecule has 2 aliphatic rings. The zero-order valence-electron chi connectivity index (χ0n) is 12.7. The van der Waals surface area contributed by atoms with E-state index in [9.17, 15) is 4.79 Å². The average Bonchev–Trinajstić information content (AvgIpc) is 3.23. The summed E-state index contributed by atoms with van der Waals surface area (Å²) in [5.41, 5.74) is 0. The Balaban J connectivity index is 1.78. The van der Waals surface area contributed by atoms with E-state index in [1.165, 1.54) is 44.9 Å². The Bertz CT molecular complexity index is 282. The molecule has 0 aromatic heterocycles. The summed E-state index contributed by atoms with van der Waals surface area (Å²) in [5, 5.41) is 0. The van der Waals surface area contributed by atoms with E-state index in [-0.39, 0.29) is 0 Å². The summed E-state index contributed by atoms with van der Waals surface area (Å²) in [4.78, 5) is 16.8. The summed E-state index contributed by atoms with van der Waals surface area (Å²) in [6.45, 7) is 5.05. The number of carbonyl (C=O) groups is 1. The van der Waals surface area contributed by atoms with Crippen molar-refractivity contribution in [2.75, 3.05) is 26.7 Å². The molecule has 0 aromatic rings. The number of hydrogen-bond donors (Lipinski definition) is 0. The molecule has 3 nitrogen and oxygen atoms in total. The van der Waals surface area contributed by atoms with E-state index in [0.717, 1.165) is 25.4 Å². The van der Waals surface area contributed by atoms with Crippen LogP contribution in [0.15, 0.2) is 0 Å². The molecule has 2 fully saturated rings. The molecule has 1 amide bonds. The van der Waals surface area contributed by atoms with Crippen molar-refractivity contribution in [1.82, 2.24) is 9.80 Å². The van der Waals surface area contributed by atoms with Crippen LogP contribution in [0.25, 0.3) is 0 Å². The van der Waals surface area contributed by atoms with Gasteiger partial charge in [0.25, 0.3) is 0 Å². The minimum atomic E-state index is 0.334. The van der Waals surface area contributed by atoms with Crippen LogP contribution < -0.4 is 0 Å². The smallest absolute Gasteiger partial charge is 0.236 e. The summed E-state index contributed by atoms with van der Waals surface area (Å²) >= 11 is 0. The molecule has 0 atom stereocenters. The first-order valence-electron chi connectivity index (χ1n) is 8.18. The number of nitrogens with zero attached hydrogens (tertiary/aromatic N) is 2. The van der Waals surface area contributed by atoms with Crippen molar-refractivity contribution in [2.45, 2.75) is 64.3 Å². The van der Waals surface area contributed by atoms with Gasteiger partial charge in [-0.05, 0) is 44.6 Å². The molecule has 0 unspecified atom stereocenters. The average molecular weight is 266 g/mol. The highest BCUT2D eigenvalue weighted by Gasteiger charge is 2.27. The molecule has 0 bridgehead atoms. The molecule has 2 saturated carbocycles. The minimum absolute atomic E-state index is 0.334. The van der Waals surface area contributed by atoms with Crippen molar-refractivity contribution < 1.29 is 4.79 Å². The molecule has 2 rings (SSSR count). The van der Waals surface area contributed by atoms with E-state index < -0.39 is 0 Å². The largest absolute Gasteiger partial charge is 0.342 e. The zero-order chi connectivity index (χ0) is 13.7. The SMILES string of the molecule is CCCN(CC(=O)N(C)C1CCCCC1)CC1CC1. The van der Waals surface area contributed by atoms with Crippen LogP contribution in [0.4, 0.5) is 0 Å². The van der Waals surface area contributed by atoms with Gasteiger partial charge in [0.15, 0.2) is 0 Å². The molecule has 0 N–H and O–H groups in total. The van der Waals surface area contributed by atoms with Crippen LogP contribution in [0.1, 0.15) is 58.3 Å². The van der Waals surface area contributed by atoms with Crippen LogP contribution in [-0.2, 0) is 4.79 Å². The lowest BCUT2D eigenvalue weighted by Gasteiger charge is -2.33. The Kier molecular flexibility index (Phi) is 5.68. The first-order chi connectivity index (χ1) is 9.20. The number of rotatable bonds is 7. The lowest BCUT2D eigenvalue weighted by Crippen LogP contribution is -2.44. The van der Waals surface area contributed by atoms with Crippen molar-refractivity contribution in [3.63, 3.8) is 0 Å². The van der Waals surface area contributed by atoms with Gasteiger partial charge in [0.2, 0.25) is 5.91 Å². The molecule has 0 aromatic carbocycles. The molecule has 19 heavy (non-hydrogen) atoms.